The van der Waals surface area contributed by atoms with E-state index in [-0.39, 0.29) is 0 Å². The molecular formula is C8H8N2O2. The van der Waals surface area contributed by atoms with Crippen molar-refractivity contribution in [2.75, 3.05) is 13.2 Å². The van der Waals surface area contributed by atoms with E-state index in [1.165, 1.54) is 0 Å². The molecule has 0 radical (unpaired) electrons. The van der Waals surface area contributed by atoms with Crippen LogP contribution in [-0.2, 0) is 0 Å². The first kappa shape index (κ1) is 7.09. The molecule has 0 aliphatic carbocycles. The highest BCUT2D eigenvalue weighted by Crippen LogP contribution is 2.25. The summed E-state index contributed by atoms with van der Waals surface area (Å²) < 4.78 is 10.5. The van der Waals surface area contributed by atoms with Gasteiger partial charge in [0.1, 0.15) is 13.2 Å². The van der Waals surface area contributed by atoms with E-state index >= 15 is 0 Å². The van der Waals surface area contributed by atoms with Gasteiger partial charge in [-0.2, -0.15) is 4.98 Å². The van der Waals surface area contributed by atoms with Crippen LogP contribution < -0.4 is 9.47 Å². The third-order valence-electron chi connectivity index (χ3n) is 1.50. The lowest BCUT2D eigenvalue weighted by molar-refractivity contribution is 0.163. The smallest absolute Gasteiger partial charge is 0.260 e. The van der Waals surface area contributed by atoms with Gasteiger partial charge in [-0.1, -0.05) is 6.58 Å². The lowest BCUT2D eigenvalue weighted by atomic mass is 10.5. The van der Waals surface area contributed by atoms with Crippen molar-refractivity contribution in [1.82, 2.24) is 9.97 Å². The van der Waals surface area contributed by atoms with E-state index < -0.39 is 0 Å². The SMILES string of the molecule is C=Cc1ncc2c(n1)OCCO2. The summed E-state index contributed by atoms with van der Waals surface area (Å²) in [5, 5.41) is 0. The molecule has 2 heterocycles. The quantitative estimate of drug-likeness (QED) is 0.618. The van der Waals surface area contributed by atoms with Crippen molar-refractivity contribution < 1.29 is 9.47 Å². The molecule has 12 heavy (non-hydrogen) atoms. The highest BCUT2D eigenvalue weighted by molar-refractivity contribution is 5.41. The molecule has 0 saturated heterocycles. The summed E-state index contributed by atoms with van der Waals surface area (Å²) in [6.45, 7) is 4.66. The number of aromatic nitrogens is 2. The normalized spacial score (nSPS) is 14.0. The Balaban J connectivity index is 2.42. The lowest BCUT2D eigenvalue weighted by Crippen LogP contribution is -2.16. The average molecular weight is 164 g/mol. The van der Waals surface area contributed by atoms with Crippen LogP contribution in [0.1, 0.15) is 5.82 Å². The van der Waals surface area contributed by atoms with Gasteiger partial charge in [0.15, 0.2) is 11.6 Å². The molecule has 0 saturated carbocycles. The minimum Gasteiger partial charge on any atom is -0.483 e. The van der Waals surface area contributed by atoms with Crippen molar-refractivity contribution in [3.63, 3.8) is 0 Å². The molecule has 0 amide bonds. The molecule has 0 atom stereocenters. The molecule has 0 aromatic carbocycles. The van der Waals surface area contributed by atoms with E-state index in [1.54, 1.807) is 12.3 Å². The first-order chi connectivity index (χ1) is 5.90. The van der Waals surface area contributed by atoms with Gasteiger partial charge >= 0.3 is 0 Å². The molecule has 0 bridgehead atoms. The summed E-state index contributed by atoms with van der Waals surface area (Å²) in [5.41, 5.74) is 0. The van der Waals surface area contributed by atoms with Crippen LogP contribution in [0.25, 0.3) is 6.08 Å². The Bertz CT molecular complexity index is 312. The molecule has 0 unspecified atom stereocenters. The molecule has 1 aliphatic rings. The Hall–Kier alpha value is -1.58. The second kappa shape index (κ2) is 2.81. The summed E-state index contributed by atoms with van der Waals surface area (Å²) in [6.07, 6.45) is 3.16. The maximum Gasteiger partial charge on any atom is 0.260 e. The molecule has 1 aromatic rings. The van der Waals surface area contributed by atoms with Crippen molar-refractivity contribution in [2.45, 2.75) is 0 Å². The Labute approximate surface area is 69.9 Å². The van der Waals surface area contributed by atoms with Gasteiger partial charge in [0, 0.05) is 0 Å². The Morgan fingerprint density at radius 3 is 3.08 bits per heavy atom. The molecule has 4 nitrogen and oxygen atoms in total. The fraction of sp³-hybridized carbons (Fsp3) is 0.250. The standard InChI is InChI=1S/C8H8N2O2/c1-2-7-9-5-6-8(10-7)12-4-3-11-6/h2,5H,1,3-4H2. The van der Waals surface area contributed by atoms with Crippen LogP contribution in [0, 0.1) is 0 Å². The predicted molar refractivity (Wildman–Crippen MR) is 43.1 cm³/mol. The van der Waals surface area contributed by atoms with Crippen LogP contribution in [-0.4, -0.2) is 23.2 Å². The third-order valence-corrected chi connectivity index (χ3v) is 1.50. The van der Waals surface area contributed by atoms with E-state index in [2.05, 4.69) is 16.5 Å². The van der Waals surface area contributed by atoms with Crippen molar-refractivity contribution in [3.8, 4) is 11.6 Å². The summed E-state index contributed by atoms with van der Waals surface area (Å²) in [4.78, 5) is 8.03. The van der Waals surface area contributed by atoms with E-state index in [0.717, 1.165) is 0 Å². The number of hydrogen-bond acceptors (Lipinski definition) is 4. The summed E-state index contributed by atoms with van der Waals surface area (Å²) in [6, 6.07) is 0. The van der Waals surface area contributed by atoms with Crippen LogP contribution in [0.3, 0.4) is 0 Å². The number of fused-ring (bicyclic) bond motifs is 1. The van der Waals surface area contributed by atoms with Crippen molar-refractivity contribution >= 4 is 6.08 Å². The van der Waals surface area contributed by atoms with Gasteiger partial charge in [0.2, 0.25) is 0 Å². The summed E-state index contributed by atoms with van der Waals surface area (Å²) in [7, 11) is 0. The van der Waals surface area contributed by atoms with E-state index in [0.29, 0.717) is 30.7 Å². The van der Waals surface area contributed by atoms with Gasteiger partial charge in [0.05, 0.1) is 6.20 Å². The Kier molecular flexibility index (Phi) is 1.66. The topological polar surface area (TPSA) is 44.2 Å². The molecule has 4 heteroatoms. The van der Waals surface area contributed by atoms with Gasteiger partial charge in [0.25, 0.3) is 5.88 Å². The summed E-state index contributed by atoms with van der Waals surface area (Å²) in [5.74, 6) is 1.66. The van der Waals surface area contributed by atoms with Crippen LogP contribution >= 0.6 is 0 Å². The molecule has 0 fully saturated rings. The minimum absolute atomic E-state index is 0.506. The largest absolute Gasteiger partial charge is 0.483 e. The van der Waals surface area contributed by atoms with Gasteiger partial charge in [-0.05, 0) is 6.08 Å². The molecular weight excluding hydrogens is 156 g/mol. The summed E-state index contributed by atoms with van der Waals surface area (Å²) >= 11 is 0. The zero-order valence-electron chi connectivity index (χ0n) is 6.49. The van der Waals surface area contributed by atoms with Crippen LogP contribution in [0.4, 0.5) is 0 Å². The predicted octanol–water partition coefficient (Wildman–Crippen LogP) is 0.891. The Morgan fingerprint density at radius 2 is 2.25 bits per heavy atom. The molecule has 0 spiro atoms. The van der Waals surface area contributed by atoms with Crippen LogP contribution in [0.5, 0.6) is 11.6 Å². The van der Waals surface area contributed by atoms with Gasteiger partial charge < -0.3 is 9.47 Å². The van der Waals surface area contributed by atoms with Crippen molar-refractivity contribution in [3.05, 3.63) is 18.6 Å². The Morgan fingerprint density at radius 1 is 1.42 bits per heavy atom. The van der Waals surface area contributed by atoms with Crippen LogP contribution in [0.2, 0.25) is 0 Å². The number of hydrogen-bond donors (Lipinski definition) is 0. The molecule has 1 aromatic heterocycles. The fourth-order valence-electron chi connectivity index (χ4n) is 0.959. The van der Waals surface area contributed by atoms with Gasteiger partial charge in [-0.3, -0.25) is 0 Å². The molecule has 62 valence electrons. The highest BCUT2D eigenvalue weighted by atomic mass is 16.6. The fourth-order valence-corrected chi connectivity index (χ4v) is 0.959. The monoisotopic (exact) mass is 164 g/mol. The lowest BCUT2D eigenvalue weighted by Gasteiger charge is -2.16. The van der Waals surface area contributed by atoms with E-state index in [9.17, 15) is 0 Å². The maximum atomic E-state index is 5.24. The zero-order chi connectivity index (χ0) is 8.39. The second-order valence-electron chi connectivity index (χ2n) is 2.30. The third kappa shape index (κ3) is 1.11. The minimum atomic E-state index is 0.506. The number of rotatable bonds is 1. The van der Waals surface area contributed by atoms with Crippen LogP contribution in [0.15, 0.2) is 12.8 Å². The number of ether oxygens (including phenoxy) is 2. The van der Waals surface area contributed by atoms with E-state index in [4.69, 9.17) is 9.47 Å². The van der Waals surface area contributed by atoms with Crippen molar-refractivity contribution in [1.29, 1.82) is 0 Å². The molecule has 1 aliphatic heterocycles. The average Bonchev–Trinajstić information content (AvgIpc) is 2.17. The highest BCUT2D eigenvalue weighted by Gasteiger charge is 2.12. The van der Waals surface area contributed by atoms with E-state index in [1.807, 2.05) is 0 Å². The first-order valence-electron chi connectivity index (χ1n) is 3.65. The van der Waals surface area contributed by atoms with Crippen molar-refractivity contribution in [2.24, 2.45) is 0 Å². The molecule has 2 rings (SSSR count). The second-order valence-corrected chi connectivity index (χ2v) is 2.30. The number of nitrogens with zero attached hydrogens (tertiary/aromatic N) is 2. The molecule has 0 N–H and O–H groups in total. The first-order valence-corrected chi connectivity index (χ1v) is 3.65. The zero-order valence-corrected chi connectivity index (χ0v) is 6.49. The maximum absolute atomic E-state index is 5.24. The van der Waals surface area contributed by atoms with Gasteiger partial charge in [-0.15, -0.1) is 0 Å². The van der Waals surface area contributed by atoms with Gasteiger partial charge in [-0.25, -0.2) is 4.98 Å².